The van der Waals surface area contributed by atoms with Crippen LogP contribution in [0.15, 0.2) is 72.8 Å². The topological polar surface area (TPSA) is 56.1 Å². The molecule has 5 nitrogen and oxygen atoms in total. The number of benzene rings is 3. The van der Waals surface area contributed by atoms with Crippen LogP contribution in [0.5, 0.6) is 5.75 Å². The van der Waals surface area contributed by atoms with Gasteiger partial charge in [0.2, 0.25) is 0 Å². The molecular weight excluding hydrogens is 458 g/mol. The van der Waals surface area contributed by atoms with Gasteiger partial charge >= 0.3 is 0 Å². The molecule has 0 bridgehead atoms. The fourth-order valence-corrected chi connectivity index (χ4v) is 4.44. The summed E-state index contributed by atoms with van der Waals surface area (Å²) in [5, 5.41) is 3.44. The highest BCUT2D eigenvalue weighted by molar-refractivity contribution is 6.33. The second-order valence-electron chi connectivity index (χ2n) is 8.68. The number of nitrogens with zero attached hydrogens (tertiary/aromatic N) is 2. The second-order valence-corrected chi connectivity index (χ2v) is 9.09. The van der Waals surface area contributed by atoms with Crippen molar-refractivity contribution in [2.24, 2.45) is 0 Å². The minimum Gasteiger partial charge on any atom is -0.493 e. The minimum atomic E-state index is -0.120. The van der Waals surface area contributed by atoms with Crippen molar-refractivity contribution in [3.8, 4) is 5.75 Å². The lowest BCUT2D eigenvalue weighted by molar-refractivity contribution is 0.0953. The van der Waals surface area contributed by atoms with Gasteiger partial charge in [-0.05, 0) is 62.1 Å². The maximum absolute atomic E-state index is 12.3. The summed E-state index contributed by atoms with van der Waals surface area (Å²) in [6.07, 6.45) is 4.77. The first-order chi connectivity index (χ1) is 17.1. The Morgan fingerprint density at radius 2 is 1.71 bits per heavy atom. The summed E-state index contributed by atoms with van der Waals surface area (Å²) in [7, 11) is 0. The Balaban J connectivity index is 1.25. The van der Waals surface area contributed by atoms with Crippen molar-refractivity contribution >= 4 is 28.5 Å². The van der Waals surface area contributed by atoms with Gasteiger partial charge in [0.05, 0.1) is 28.2 Å². The average molecular weight is 490 g/mol. The number of imidazole rings is 1. The molecule has 1 N–H and O–H groups in total. The first-order valence-electron chi connectivity index (χ1n) is 12.3. The van der Waals surface area contributed by atoms with Crippen molar-refractivity contribution in [2.75, 3.05) is 13.2 Å². The Morgan fingerprint density at radius 1 is 0.943 bits per heavy atom. The molecule has 1 amide bonds. The first kappa shape index (κ1) is 24.8. The fourth-order valence-electron chi connectivity index (χ4n) is 4.22. The fraction of sp³-hybridized carbons (Fsp3) is 0.310. The third kappa shape index (κ3) is 6.64. The Kier molecular flexibility index (Phi) is 8.79. The van der Waals surface area contributed by atoms with E-state index in [2.05, 4.69) is 41.1 Å². The molecule has 4 rings (SSSR count). The van der Waals surface area contributed by atoms with Crippen LogP contribution in [0.25, 0.3) is 11.0 Å². The lowest BCUT2D eigenvalue weighted by atomic mass is 10.1. The van der Waals surface area contributed by atoms with E-state index in [1.54, 1.807) is 12.1 Å². The number of rotatable bonds is 12. The SMILES string of the molecule is Cc1ccccc1OCCCn1c(CCCCCNC(=O)c2ccccc2Cl)nc2ccccc21. The van der Waals surface area contributed by atoms with Crippen LogP contribution >= 0.6 is 11.6 Å². The van der Waals surface area contributed by atoms with Crippen molar-refractivity contribution < 1.29 is 9.53 Å². The molecule has 35 heavy (non-hydrogen) atoms. The lowest BCUT2D eigenvalue weighted by Crippen LogP contribution is -2.24. The van der Waals surface area contributed by atoms with Crippen molar-refractivity contribution in [2.45, 2.75) is 45.6 Å². The molecule has 182 valence electrons. The highest BCUT2D eigenvalue weighted by Crippen LogP contribution is 2.20. The normalized spacial score (nSPS) is 11.0. The number of carbonyl (C=O) groups excluding carboxylic acids is 1. The number of hydrogen-bond acceptors (Lipinski definition) is 3. The molecule has 0 aliphatic rings. The van der Waals surface area contributed by atoms with Gasteiger partial charge in [0.1, 0.15) is 11.6 Å². The number of hydrogen-bond donors (Lipinski definition) is 1. The van der Waals surface area contributed by atoms with E-state index >= 15 is 0 Å². The minimum absolute atomic E-state index is 0.120. The summed E-state index contributed by atoms with van der Waals surface area (Å²) in [6, 6.07) is 23.6. The van der Waals surface area contributed by atoms with Gasteiger partial charge in [0, 0.05) is 19.5 Å². The van der Waals surface area contributed by atoms with Gasteiger partial charge in [-0.25, -0.2) is 4.98 Å². The number of unbranched alkanes of at least 4 members (excludes halogenated alkanes) is 2. The summed E-state index contributed by atoms with van der Waals surface area (Å²) in [5.74, 6) is 1.94. The van der Waals surface area contributed by atoms with Crippen LogP contribution in [0.1, 0.15) is 47.4 Å². The molecule has 1 heterocycles. The molecule has 0 aliphatic carbocycles. The number of amides is 1. The molecule has 0 fully saturated rings. The van der Waals surface area contributed by atoms with E-state index in [1.807, 2.05) is 36.4 Å². The molecule has 0 radical (unpaired) electrons. The number of aryl methyl sites for hydroxylation is 3. The summed E-state index contributed by atoms with van der Waals surface area (Å²) < 4.78 is 8.32. The molecule has 0 spiro atoms. The van der Waals surface area contributed by atoms with Crippen LogP contribution < -0.4 is 10.1 Å². The predicted molar refractivity (Wildman–Crippen MR) is 142 cm³/mol. The number of fused-ring (bicyclic) bond motifs is 1. The van der Waals surface area contributed by atoms with Crippen molar-refractivity contribution in [3.63, 3.8) is 0 Å². The molecule has 4 aromatic rings. The molecule has 1 aromatic heterocycles. The zero-order valence-electron chi connectivity index (χ0n) is 20.2. The van der Waals surface area contributed by atoms with Crippen molar-refractivity contribution in [1.29, 1.82) is 0 Å². The van der Waals surface area contributed by atoms with E-state index in [-0.39, 0.29) is 5.91 Å². The molecular formula is C29H32ClN3O2. The van der Waals surface area contributed by atoms with Gasteiger partial charge in [-0.15, -0.1) is 0 Å². The molecule has 0 unspecified atom stereocenters. The van der Waals surface area contributed by atoms with E-state index in [4.69, 9.17) is 21.3 Å². The summed E-state index contributed by atoms with van der Waals surface area (Å²) in [4.78, 5) is 17.2. The standard InChI is InChI=1S/C29H32ClN3O2/c1-22-12-4-9-17-27(22)35-21-11-20-33-26-16-8-7-15-25(26)32-28(33)18-3-2-10-19-31-29(34)23-13-5-6-14-24(23)30/h4-9,12-17H,2-3,10-11,18-21H2,1H3,(H,31,34). The Hall–Kier alpha value is -3.31. The van der Waals surface area contributed by atoms with E-state index in [1.165, 1.54) is 5.52 Å². The van der Waals surface area contributed by atoms with E-state index in [0.717, 1.165) is 61.3 Å². The van der Waals surface area contributed by atoms with Crippen molar-refractivity contribution in [1.82, 2.24) is 14.9 Å². The predicted octanol–water partition coefficient (Wildman–Crippen LogP) is 6.61. The lowest BCUT2D eigenvalue weighted by Gasteiger charge is -2.12. The van der Waals surface area contributed by atoms with Gasteiger partial charge < -0.3 is 14.6 Å². The van der Waals surface area contributed by atoms with Crippen LogP contribution in [-0.2, 0) is 13.0 Å². The number of nitrogens with one attached hydrogen (secondary N) is 1. The second kappa shape index (κ2) is 12.4. The highest BCUT2D eigenvalue weighted by atomic mass is 35.5. The number of aromatic nitrogens is 2. The summed E-state index contributed by atoms with van der Waals surface area (Å²) >= 11 is 6.10. The third-order valence-electron chi connectivity index (χ3n) is 6.09. The maximum Gasteiger partial charge on any atom is 0.252 e. The molecule has 0 atom stereocenters. The quantitative estimate of drug-likeness (QED) is 0.228. The smallest absolute Gasteiger partial charge is 0.252 e. The summed E-state index contributed by atoms with van der Waals surface area (Å²) in [5.41, 5.74) is 3.89. The molecule has 0 saturated carbocycles. The Morgan fingerprint density at radius 3 is 2.57 bits per heavy atom. The highest BCUT2D eigenvalue weighted by Gasteiger charge is 2.11. The molecule has 0 aliphatic heterocycles. The largest absolute Gasteiger partial charge is 0.493 e. The number of halogens is 1. The van der Waals surface area contributed by atoms with Gasteiger partial charge in [-0.2, -0.15) is 0 Å². The first-order valence-corrected chi connectivity index (χ1v) is 12.7. The number of para-hydroxylation sites is 3. The van der Waals surface area contributed by atoms with Crippen LogP contribution in [-0.4, -0.2) is 28.6 Å². The summed E-state index contributed by atoms with van der Waals surface area (Å²) in [6.45, 7) is 4.24. The van der Waals surface area contributed by atoms with E-state index in [9.17, 15) is 4.79 Å². The van der Waals surface area contributed by atoms with Gasteiger partial charge in [0.15, 0.2) is 0 Å². The maximum atomic E-state index is 12.3. The molecule has 0 saturated heterocycles. The van der Waals surface area contributed by atoms with E-state index < -0.39 is 0 Å². The zero-order valence-corrected chi connectivity index (χ0v) is 20.9. The third-order valence-corrected chi connectivity index (χ3v) is 6.42. The van der Waals surface area contributed by atoms with Crippen LogP contribution in [0.4, 0.5) is 0 Å². The Labute approximate surface area is 212 Å². The number of ether oxygens (including phenoxy) is 1. The van der Waals surface area contributed by atoms with Gasteiger partial charge in [-0.1, -0.05) is 60.5 Å². The average Bonchev–Trinajstić information content (AvgIpc) is 3.22. The van der Waals surface area contributed by atoms with Crippen LogP contribution in [0.2, 0.25) is 5.02 Å². The van der Waals surface area contributed by atoms with Crippen molar-refractivity contribution in [3.05, 3.63) is 94.8 Å². The zero-order chi connectivity index (χ0) is 24.5. The Bertz CT molecular complexity index is 1270. The van der Waals surface area contributed by atoms with Crippen LogP contribution in [0, 0.1) is 6.92 Å². The van der Waals surface area contributed by atoms with E-state index in [0.29, 0.717) is 23.7 Å². The molecule has 3 aromatic carbocycles. The monoisotopic (exact) mass is 489 g/mol. The van der Waals surface area contributed by atoms with Crippen LogP contribution in [0.3, 0.4) is 0 Å². The van der Waals surface area contributed by atoms with Gasteiger partial charge in [-0.3, -0.25) is 4.79 Å². The number of carbonyl (C=O) groups is 1. The van der Waals surface area contributed by atoms with Gasteiger partial charge in [0.25, 0.3) is 5.91 Å². The molecule has 6 heteroatoms.